The minimum atomic E-state index is -0.348. The summed E-state index contributed by atoms with van der Waals surface area (Å²) in [7, 11) is 1.57. The number of methoxy groups -OCH3 is 1. The zero-order chi connectivity index (χ0) is 18.8. The van der Waals surface area contributed by atoms with E-state index in [9.17, 15) is 9.59 Å². The van der Waals surface area contributed by atoms with Gasteiger partial charge in [-0.1, -0.05) is 12.1 Å². The molecule has 0 aliphatic carbocycles. The topological polar surface area (TPSA) is 73.9 Å². The highest BCUT2D eigenvalue weighted by molar-refractivity contribution is 5.96. The normalized spacial score (nSPS) is 10.1. The first-order valence-electron chi connectivity index (χ1n) is 8.48. The quantitative estimate of drug-likeness (QED) is 0.424. The summed E-state index contributed by atoms with van der Waals surface area (Å²) in [5.41, 5.74) is 0.482. The van der Waals surface area contributed by atoms with Gasteiger partial charge in [-0.3, -0.25) is 9.59 Å². The molecule has 2 aromatic rings. The van der Waals surface area contributed by atoms with Crippen LogP contribution >= 0.6 is 0 Å². The Kier molecular flexibility index (Phi) is 7.49. The minimum absolute atomic E-state index is 0.208. The molecule has 2 rings (SSSR count). The molecule has 0 saturated carbocycles. The Balaban J connectivity index is 1.74. The summed E-state index contributed by atoms with van der Waals surface area (Å²) < 4.78 is 15.7. The van der Waals surface area contributed by atoms with Gasteiger partial charge in [-0.2, -0.15) is 0 Å². The van der Waals surface area contributed by atoms with Gasteiger partial charge >= 0.3 is 5.97 Å². The number of hydrogen-bond donors (Lipinski definition) is 1. The summed E-state index contributed by atoms with van der Waals surface area (Å²) in [5.74, 6) is 1.13. The van der Waals surface area contributed by atoms with Gasteiger partial charge in [0.25, 0.3) is 5.91 Å². The summed E-state index contributed by atoms with van der Waals surface area (Å²) >= 11 is 0. The molecule has 0 aliphatic rings. The van der Waals surface area contributed by atoms with E-state index in [-0.39, 0.29) is 18.3 Å². The molecule has 1 N–H and O–H groups in total. The Morgan fingerprint density at radius 1 is 1.00 bits per heavy atom. The van der Waals surface area contributed by atoms with Crippen LogP contribution in [-0.2, 0) is 4.79 Å². The van der Waals surface area contributed by atoms with Crippen molar-refractivity contribution in [2.24, 2.45) is 0 Å². The lowest BCUT2D eigenvalue weighted by molar-refractivity contribution is -0.134. The SMILES string of the molecule is CCOc1ccccc1C(=O)NCCCC(=O)Oc1ccc(OC)cc1. The van der Waals surface area contributed by atoms with E-state index in [1.165, 1.54) is 0 Å². The first-order valence-corrected chi connectivity index (χ1v) is 8.48. The summed E-state index contributed by atoms with van der Waals surface area (Å²) in [6, 6.07) is 13.8. The van der Waals surface area contributed by atoms with E-state index in [0.29, 0.717) is 42.4 Å². The minimum Gasteiger partial charge on any atom is -0.497 e. The molecule has 0 heterocycles. The Morgan fingerprint density at radius 2 is 1.69 bits per heavy atom. The molecule has 6 nitrogen and oxygen atoms in total. The van der Waals surface area contributed by atoms with Gasteiger partial charge in [0.05, 0.1) is 19.3 Å². The largest absolute Gasteiger partial charge is 0.497 e. The predicted molar refractivity (Wildman–Crippen MR) is 97.8 cm³/mol. The maximum absolute atomic E-state index is 12.2. The summed E-state index contributed by atoms with van der Waals surface area (Å²) in [4.78, 5) is 24.1. The smallest absolute Gasteiger partial charge is 0.311 e. The highest BCUT2D eigenvalue weighted by atomic mass is 16.5. The van der Waals surface area contributed by atoms with Gasteiger partial charge < -0.3 is 19.5 Å². The van der Waals surface area contributed by atoms with Crippen LogP contribution in [0, 0.1) is 0 Å². The van der Waals surface area contributed by atoms with Crippen LogP contribution in [0.1, 0.15) is 30.1 Å². The maximum atomic E-state index is 12.2. The Hall–Kier alpha value is -3.02. The van der Waals surface area contributed by atoms with Crippen LogP contribution in [0.15, 0.2) is 48.5 Å². The molecule has 0 fully saturated rings. The van der Waals surface area contributed by atoms with Crippen molar-refractivity contribution in [1.82, 2.24) is 5.32 Å². The maximum Gasteiger partial charge on any atom is 0.311 e. The molecular formula is C20H23NO5. The second kappa shape index (κ2) is 10.1. The van der Waals surface area contributed by atoms with Crippen LogP contribution in [0.2, 0.25) is 0 Å². The fourth-order valence-corrected chi connectivity index (χ4v) is 2.29. The molecular weight excluding hydrogens is 334 g/mol. The molecule has 0 radical (unpaired) electrons. The highest BCUT2D eigenvalue weighted by Gasteiger charge is 2.11. The molecule has 0 aromatic heterocycles. The van der Waals surface area contributed by atoms with Crippen LogP contribution in [0.3, 0.4) is 0 Å². The van der Waals surface area contributed by atoms with Crippen molar-refractivity contribution in [1.29, 1.82) is 0 Å². The fourth-order valence-electron chi connectivity index (χ4n) is 2.29. The predicted octanol–water partition coefficient (Wildman–Crippen LogP) is 3.21. The third-order valence-electron chi connectivity index (χ3n) is 3.57. The van der Waals surface area contributed by atoms with Crippen LogP contribution in [0.5, 0.6) is 17.2 Å². The van der Waals surface area contributed by atoms with E-state index < -0.39 is 0 Å². The molecule has 138 valence electrons. The van der Waals surface area contributed by atoms with Crippen molar-refractivity contribution in [3.63, 3.8) is 0 Å². The molecule has 1 amide bonds. The zero-order valence-electron chi connectivity index (χ0n) is 15.0. The number of esters is 1. The van der Waals surface area contributed by atoms with E-state index >= 15 is 0 Å². The number of rotatable bonds is 9. The second-order valence-electron chi connectivity index (χ2n) is 5.44. The lowest BCUT2D eigenvalue weighted by Gasteiger charge is -2.10. The number of hydrogen-bond acceptors (Lipinski definition) is 5. The second-order valence-corrected chi connectivity index (χ2v) is 5.44. The van der Waals surface area contributed by atoms with Crippen molar-refractivity contribution in [2.75, 3.05) is 20.3 Å². The van der Waals surface area contributed by atoms with Gasteiger partial charge in [-0.05, 0) is 49.7 Å². The average Bonchev–Trinajstić information content (AvgIpc) is 2.66. The lowest BCUT2D eigenvalue weighted by Crippen LogP contribution is -2.25. The van der Waals surface area contributed by atoms with Gasteiger partial charge in [0.2, 0.25) is 0 Å². The van der Waals surface area contributed by atoms with Crippen LogP contribution in [0.4, 0.5) is 0 Å². The summed E-state index contributed by atoms with van der Waals surface area (Å²) in [6.07, 6.45) is 0.691. The van der Waals surface area contributed by atoms with E-state index in [1.807, 2.05) is 13.0 Å². The van der Waals surface area contributed by atoms with Gasteiger partial charge in [-0.25, -0.2) is 0 Å². The summed E-state index contributed by atoms with van der Waals surface area (Å²) in [5, 5.41) is 2.79. The summed E-state index contributed by atoms with van der Waals surface area (Å²) in [6.45, 7) is 2.72. The third-order valence-corrected chi connectivity index (χ3v) is 3.57. The van der Waals surface area contributed by atoms with Crippen LogP contribution < -0.4 is 19.5 Å². The van der Waals surface area contributed by atoms with E-state index in [1.54, 1.807) is 49.6 Å². The molecule has 0 saturated heterocycles. The lowest BCUT2D eigenvalue weighted by atomic mass is 10.2. The number of amides is 1. The number of para-hydroxylation sites is 1. The first-order chi connectivity index (χ1) is 12.6. The molecule has 6 heteroatoms. The van der Waals surface area contributed by atoms with Crippen molar-refractivity contribution in [2.45, 2.75) is 19.8 Å². The molecule has 0 bridgehead atoms. The Bertz CT molecular complexity index is 727. The Labute approximate surface area is 153 Å². The Morgan fingerprint density at radius 3 is 2.38 bits per heavy atom. The molecule has 0 spiro atoms. The number of carbonyl (C=O) groups is 2. The van der Waals surface area contributed by atoms with Crippen molar-refractivity contribution >= 4 is 11.9 Å². The van der Waals surface area contributed by atoms with Crippen LogP contribution in [0.25, 0.3) is 0 Å². The van der Waals surface area contributed by atoms with Gasteiger partial charge in [0.15, 0.2) is 0 Å². The molecule has 2 aromatic carbocycles. The number of ether oxygens (including phenoxy) is 3. The van der Waals surface area contributed by atoms with E-state index in [2.05, 4.69) is 5.32 Å². The molecule has 0 aliphatic heterocycles. The monoisotopic (exact) mass is 357 g/mol. The fraction of sp³-hybridized carbons (Fsp3) is 0.300. The van der Waals surface area contributed by atoms with Gasteiger partial charge in [-0.15, -0.1) is 0 Å². The zero-order valence-corrected chi connectivity index (χ0v) is 15.0. The van der Waals surface area contributed by atoms with Crippen molar-refractivity contribution < 1.29 is 23.8 Å². The standard InChI is InChI=1S/C20H23NO5/c1-3-25-18-8-5-4-7-17(18)20(23)21-14-6-9-19(22)26-16-12-10-15(24-2)11-13-16/h4-5,7-8,10-13H,3,6,9,14H2,1-2H3,(H,21,23). The molecule has 0 atom stereocenters. The highest BCUT2D eigenvalue weighted by Crippen LogP contribution is 2.18. The van der Waals surface area contributed by atoms with Crippen LogP contribution in [-0.4, -0.2) is 32.1 Å². The van der Waals surface area contributed by atoms with Gasteiger partial charge in [0, 0.05) is 13.0 Å². The molecule has 0 unspecified atom stereocenters. The van der Waals surface area contributed by atoms with E-state index in [0.717, 1.165) is 0 Å². The third kappa shape index (κ3) is 5.81. The average molecular weight is 357 g/mol. The van der Waals surface area contributed by atoms with Crippen molar-refractivity contribution in [3.05, 3.63) is 54.1 Å². The van der Waals surface area contributed by atoms with E-state index in [4.69, 9.17) is 14.2 Å². The first kappa shape index (κ1) is 19.3. The number of carbonyl (C=O) groups excluding carboxylic acids is 2. The number of nitrogens with one attached hydrogen (secondary N) is 1. The van der Waals surface area contributed by atoms with Gasteiger partial charge in [0.1, 0.15) is 17.2 Å². The molecule has 26 heavy (non-hydrogen) atoms. The number of benzene rings is 2. The van der Waals surface area contributed by atoms with Crippen molar-refractivity contribution in [3.8, 4) is 17.2 Å².